The van der Waals surface area contributed by atoms with Crippen LogP contribution in [0.3, 0.4) is 0 Å². The van der Waals surface area contributed by atoms with E-state index < -0.39 is 0 Å². The maximum absolute atomic E-state index is 13.2. The highest BCUT2D eigenvalue weighted by atomic mass is 35.5. The molecule has 0 saturated carbocycles. The van der Waals surface area contributed by atoms with Gasteiger partial charge in [0.15, 0.2) is 0 Å². The maximum Gasteiger partial charge on any atom is 0.253 e. The summed E-state index contributed by atoms with van der Waals surface area (Å²) >= 11 is 6.11. The molecule has 4 aromatic heterocycles. The Hall–Kier alpha value is -4.24. The molecular weight excluding hydrogens is 464 g/mol. The number of carbonyl (C=O) groups is 1. The minimum absolute atomic E-state index is 0.245. The molecule has 35 heavy (non-hydrogen) atoms. The first-order valence-electron chi connectivity index (χ1n) is 10.9. The zero-order valence-corrected chi connectivity index (χ0v) is 20.0. The molecule has 1 aromatic carbocycles. The maximum atomic E-state index is 13.2. The molecule has 0 aliphatic rings. The number of nitrogens with zero attached hydrogens (tertiary/aromatic N) is 5. The van der Waals surface area contributed by atoms with Crippen molar-refractivity contribution in [3.63, 3.8) is 0 Å². The molecule has 176 valence electrons. The molecule has 0 spiro atoms. The monoisotopic (exact) mass is 486 g/mol. The Labute approximate surface area is 206 Å². The second-order valence-corrected chi connectivity index (χ2v) is 8.86. The molecule has 4 heterocycles. The smallest absolute Gasteiger partial charge is 0.253 e. The van der Waals surface area contributed by atoms with Crippen LogP contribution in [-0.4, -0.2) is 30.4 Å². The molecule has 0 bridgehead atoms. The molecule has 5 N–H and O–H groups in total. The molecule has 5 rings (SSSR count). The van der Waals surface area contributed by atoms with E-state index in [9.17, 15) is 4.79 Å². The number of carbonyl (C=O) groups excluding carboxylic acids is 1. The van der Waals surface area contributed by atoms with Gasteiger partial charge in [-0.2, -0.15) is 0 Å². The summed E-state index contributed by atoms with van der Waals surface area (Å²) in [4.78, 5) is 30.4. The van der Waals surface area contributed by atoms with Crippen molar-refractivity contribution in [2.75, 3.05) is 11.5 Å². The second kappa shape index (κ2) is 8.84. The molecule has 0 saturated heterocycles. The minimum Gasteiger partial charge on any atom is -0.384 e. The molecule has 0 atom stereocenters. The predicted molar refractivity (Wildman–Crippen MR) is 137 cm³/mol. The lowest BCUT2D eigenvalue weighted by atomic mass is 10.1. The number of rotatable bonds is 5. The van der Waals surface area contributed by atoms with Gasteiger partial charge in [0, 0.05) is 36.6 Å². The molecule has 0 aliphatic carbocycles. The SMILES string of the molecule is Cc1cc(N)nc(C)c1CNC(=O)c1cn(Cc2ccc3ncc(Cl)cc3c2)c2ncnc(N)c12. The normalized spacial score (nSPS) is 11.3. The van der Waals surface area contributed by atoms with Crippen molar-refractivity contribution < 1.29 is 4.79 Å². The van der Waals surface area contributed by atoms with Crippen LogP contribution < -0.4 is 16.8 Å². The first kappa shape index (κ1) is 22.5. The number of hydrogen-bond acceptors (Lipinski definition) is 7. The van der Waals surface area contributed by atoms with Gasteiger partial charge < -0.3 is 21.4 Å². The number of hydrogen-bond donors (Lipinski definition) is 3. The fraction of sp³-hybridized carbons (Fsp3) is 0.160. The van der Waals surface area contributed by atoms with Crippen LogP contribution in [0.1, 0.15) is 32.7 Å². The van der Waals surface area contributed by atoms with Gasteiger partial charge in [-0.3, -0.25) is 9.78 Å². The van der Waals surface area contributed by atoms with Crippen molar-refractivity contribution >= 4 is 51.1 Å². The van der Waals surface area contributed by atoms with Gasteiger partial charge in [-0.1, -0.05) is 17.7 Å². The van der Waals surface area contributed by atoms with Gasteiger partial charge >= 0.3 is 0 Å². The Morgan fingerprint density at radius 1 is 1.11 bits per heavy atom. The number of benzene rings is 1. The number of aromatic nitrogens is 5. The molecule has 9 nitrogen and oxygen atoms in total. The van der Waals surface area contributed by atoms with E-state index in [0.29, 0.717) is 40.5 Å². The van der Waals surface area contributed by atoms with E-state index >= 15 is 0 Å². The third kappa shape index (κ3) is 4.33. The molecule has 1 amide bonds. The third-order valence-corrected chi connectivity index (χ3v) is 6.20. The van der Waals surface area contributed by atoms with Gasteiger partial charge in [0.1, 0.15) is 23.6 Å². The summed E-state index contributed by atoms with van der Waals surface area (Å²) in [6.07, 6.45) is 4.77. The van der Waals surface area contributed by atoms with Crippen molar-refractivity contribution in [2.24, 2.45) is 0 Å². The number of nitrogens with two attached hydrogens (primary N) is 2. The quantitative estimate of drug-likeness (QED) is 0.343. The summed E-state index contributed by atoms with van der Waals surface area (Å²) in [6, 6.07) is 9.60. The van der Waals surface area contributed by atoms with Gasteiger partial charge in [-0.05, 0) is 54.8 Å². The van der Waals surface area contributed by atoms with E-state index in [1.807, 2.05) is 42.7 Å². The largest absolute Gasteiger partial charge is 0.384 e. The van der Waals surface area contributed by atoms with E-state index in [0.717, 1.165) is 33.3 Å². The number of amides is 1. The van der Waals surface area contributed by atoms with E-state index in [-0.39, 0.29) is 11.7 Å². The summed E-state index contributed by atoms with van der Waals surface area (Å²) in [6.45, 7) is 4.59. The summed E-state index contributed by atoms with van der Waals surface area (Å²) in [7, 11) is 0. The van der Waals surface area contributed by atoms with Crippen molar-refractivity contribution in [3.8, 4) is 0 Å². The molecule has 0 radical (unpaired) electrons. The average molecular weight is 487 g/mol. The third-order valence-electron chi connectivity index (χ3n) is 5.99. The average Bonchev–Trinajstić information content (AvgIpc) is 3.17. The van der Waals surface area contributed by atoms with E-state index in [1.54, 1.807) is 18.5 Å². The highest BCUT2D eigenvalue weighted by molar-refractivity contribution is 6.31. The Kier molecular flexibility index (Phi) is 5.70. The Bertz CT molecular complexity index is 1590. The standard InChI is InChI=1S/C25H23ClN8O/c1-13-5-21(27)33-14(2)18(13)9-30-25(35)19-11-34(24-22(19)23(28)31-12-32-24)10-15-3-4-20-16(6-15)7-17(26)8-29-20/h3-8,11-12H,9-10H2,1-2H3,(H2,27,33)(H,30,35)(H2,28,31,32). The second-order valence-electron chi connectivity index (χ2n) is 8.42. The first-order valence-corrected chi connectivity index (χ1v) is 11.3. The molecule has 5 aromatic rings. The van der Waals surface area contributed by atoms with Crippen molar-refractivity contribution in [1.29, 1.82) is 0 Å². The van der Waals surface area contributed by atoms with Crippen LogP contribution in [0, 0.1) is 13.8 Å². The fourth-order valence-corrected chi connectivity index (χ4v) is 4.47. The predicted octanol–water partition coefficient (Wildman–Crippen LogP) is 3.79. The van der Waals surface area contributed by atoms with Crippen LogP contribution in [0.4, 0.5) is 11.6 Å². The lowest BCUT2D eigenvalue weighted by Crippen LogP contribution is -2.24. The zero-order chi connectivity index (χ0) is 24.7. The van der Waals surface area contributed by atoms with Crippen molar-refractivity contribution in [3.05, 3.63) is 82.0 Å². The zero-order valence-electron chi connectivity index (χ0n) is 19.2. The van der Waals surface area contributed by atoms with Crippen molar-refractivity contribution in [2.45, 2.75) is 26.9 Å². The van der Waals surface area contributed by atoms with Gasteiger partial charge in [-0.15, -0.1) is 0 Å². The van der Waals surface area contributed by atoms with Gasteiger partial charge in [0.05, 0.1) is 21.5 Å². The fourth-order valence-electron chi connectivity index (χ4n) is 4.31. The number of aryl methyl sites for hydroxylation is 2. The van der Waals surface area contributed by atoms with E-state index in [2.05, 4.69) is 25.3 Å². The first-order chi connectivity index (χ1) is 16.8. The highest BCUT2D eigenvalue weighted by Crippen LogP contribution is 2.26. The van der Waals surface area contributed by atoms with Gasteiger partial charge in [0.25, 0.3) is 5.91 Å². The Morgan fingerprint density at radius 3 is 2.74 bits per heavy atom. The lowest BCUT2D eigenvalue weighted by Gasteiger charge is -2.11. The number of anilines is 2. The minimum atomic E-state index is -0.277. The number of halogens is 1. The van der Waals surface area contributed by atoms with Crippen LogP contribution >= 0.6 is 11.6 Å². The van der Waals surface area contributed by atoms with Crippen LogP contribution in [0.5, 0.6) is 0 Å². The van der Waals surface area contributed by atoms with E-state index in [4.69, 9.17) is 23.1 Å². The molecule has 0 fully saturated rings. The summed E-state index contributed by atoms with van der Waals surface area (Å²) in [5, 5.41) is 4.99. The number of pyridine rings is 2. The van der Waals surface area contributed by atoms with Gasteiger partial charge in [0.2, 0.25) is 0 Å². The number of nitrogen functional groups attached to an aromatic ring is 2. The Morgan fingerprint density at radius 2 is 1.94 bits per heavy atom. The molecule has 10 heteroatoms. The Balaban J connectivity index is 1.48. The van der Waals surface area contributed by atoms with Gasteiger partial charge in [-0.25, -0.2) is 15.0 Å². The van der Waals surface area contributed by atoms with Crippen molar-refractivity contribution in [1.82, 2.24) is 29.8 Å². The molecule has 0 aliphatic heterocycles. The van der Waals surface area contributed by atoms with Crippen LogP contribution in [0.15, 0.2) is 49.1 Å². The summed E-state index contributed by atoms with van der Waals surface area (Å²) in [5.41, 5.74) is 17.5. The number of fused-ring (bicyclic) bond motifs is 2. The number of nitrogens with one attached hydrogen (secondary N) is 1. The highest BCUT2D eigenvalue weighted by Gasteiger charge is 2.20. The van der Waals surface area contributed by atoms with Crippen LogP contribution in [-0.2, 0) is 13.1 Å². The molecular formula is C25H23ClN8O. The van der Waals surface area contributed by atoms with E-state index in [1.165, 1.54) is 6.33 Å². The van der Waals surface area contributed by atoms with Crippen LogP contribution in [0.25, 0.3) is 21.9 Å². The van der Waals surface area contributed by atoms with Crippen LogP contribution in [0.2, 0.25) is 5.02 Å². The molecule has 0 unspecified atom stereocenters. The summed E-state index contributed by atoms with van der Waals surface area (Å²) in [5.74, 6) is 0.421. The lowest BCUT2D eigenvalue weighted by molar-refractivity contribution is 0.0952. The topological polar surface area (TPSA) is 138 Å². The summed E-state index contributed by atoms with van der Waals surface area (Å²) < 4.78 is 1.89.